The van der Waals surface area contributed by atoms with Gasteiger partial charge in [0, 0.05) is 34.4 Å². The van der Waals surface area contributed by atoms with Crippen LogP contribution < -0.4 is 0 Å². The summed E-state index contributed by atoms with van der Waals surface area (Å²) in [4.78, 5) is 20.3. The number of carboxylic acid groups (broad SMARTS) is 1. The van der Waals surface area contributed by atoms with Gasteiger partial charge in [-0.1, -0.05) is 0 Å². The van der Waals surface area contributed by atoms with E-state index >= 15 is 0 Å². The van der Waals surface area contributed by atoms with E-state index in [2.05, 4.69) is 9.98 Å². The third-order valence-electron chi connectivity index (χ3n) is 1.59. The summed E-state index contributed by atoms with van der Waals surface area (Å²) in [6.07, 6.45) is 3.66. The van der Waals surface area contributed by atoms with Crippen molar-refractivity contribution in [2.24, 2.45) is 4.99 Å². The summed E-state index contributed by atoms with van der Waals surface area (Å²) >= 11 is 0. The smallest absolute Gasteiger partial charge is 0.406 e. The van der Waals surface area contributed by atoms with E-state index < -0.39 is 6.09 Å². The molecule has 0 aliphatic heterocycles. The molecule has 0 atom stereocenters. The molecule has 1 heterocycles. The van der Waals surface area contributed by atoms with Gasteiger partial charge in [-0.05, 0) is 6.07 Å². The molecule has 1 amide bonds. The number of amides is 1. The Balaban J connectivity index is 0.000000411. The van der Waals surface area contributed by atoms with E-state index in [9.17, 15) is 9.90 Å². The monoisotopic (exact) mass is 254 g/mol. The van der Waals surface area contributed by atoms with Crippen molar-refractivity contribution in [3.63, 3.8) is 0 Å². The molecule has 0 aliphatic carbocycles. The molecule has 1 rings (SSSR count). The molecule has 0 aromatic carbocycles. The second-order valence-electron chi connectivity index (χ2n) is 3.75. The first kappa shape index (κ1) is 15.7. The average molecular weight is 254 g/mol. The van der Waals surface area contributed by atoms with Crippen LogP contribution in [-0.2, 0) is 0 Å². The lowest BCUT2D eigenvalue weighted by Gasteiger charge is -2.02. The molecule has 7 nitrogen and oxygen atoms in total. The molecule has 0 aliphatic rings. The third kappa shape index (κ3) is 7.04. The van der Waals surface area contributed by atoms with Crippen LogP contribution in [0, 0.1) is 0 Å². The van der Waals surface area contributed by atoms with Gasteiger partial charge in [0.05, 0.1) is 12.5 Å². The Morgan fingerprint density at radius 2 is 1.94 bits per heavy atom. The number of nitrogens with zero attached hydrogens (tertiary/aromatic N) is 4. The fourth-order valence-corrected chi connectivity index (χ4v) is 0.666. The van der Waals surface area contributed by atoms with Gasteiger partial charge < -0.3 is 20.0 Å². The van der Waals surface area contributed by atoms with Crippen LogP contribution in [0.25, 0.3) is 0 Å². The highest BCUT2D eigenvalue weighted by Gasteiger charge is 1.95. The Morgan fingerprint density at radius 1 is 1.39 bits per heavy atom. The summed E-state index contributed by atoms with van der Waals surface area (Å²) in [5.41, 5.74) is 0.527. The van der Waals surface area contributed by atoms with Crippen molar-refractivity contribution >= 4 is 18.1 Å². The fourth-order valence-electron chi connectivity index (χ4n) is 0.666. The third-order valence-corrected chi connectivity index (χ3v) is 1.59. The largest absolute Gasteiger partial charge is 0.504 e. The summed E-state index contributed by atoms with van der Waals surface area (Å²) < 4.78 is 0. The van der Waals surface area contributed by atoms with Crippen molar-refractivity contribution in [2.45, 2.75) is 0 Å². The molecule has 0 fully saturated rings. The van der Waals surface area contributed by atoms with Crippen molar-refractivity contribution < 1.29 is 15.0 Å². The minimum absolute atomic E-state index is 0.0931. The summed E-state index contributed by atoms with van der Waals surface area (Å²) in [7, 11) is 6.67. The Kier molecular flexibility index (Phi) is 6.87. The van der Waals surface area contributed by atoms with E-state index in [1.54, 1.807) is 23.5 Å². The zero-order chi connectivity index (χ0) is 14.1. The van der Waals surface area contributed by atoms with Gasteiger partial charge in [-0.25, -0.2) is 9.79 Å². The molecule has 18 heavy (non-hydrogen) atoms. The first-order valence-electron chi connectivity index (χ1n) is 5.08. The summed E-state index contributed by atoms with van der Waals surface area (Å²) in [6, 6.07) is 1.65. The van der Waals surface area contributed by atoms with Gasteiger partial charge >= 0.3 is 6.09 Å². The van der Waals surface area contributed by atoms with Crippen LogP contribution in [0.5, 0.6) is 5.75 Å². The van der Waals surface area contributed by atoms with E-state index in [0.717, 1.165) is 4.90 Å². The number of hydrogen-bond donors (Lipinski definition) is 2. The molecule has 0 saturated carbocycles. The van der Waals surface area contributed by atoms with E-state index in [4.69, 9.17) is 5.11 Å². The molecule has 1 aromatic rings. The highest BCUT2D eigenvalue weighted by Crippen LogP contribution is 2.22. The Labute approximate surface area is 106 Å². The Bertz CT molecular complexity index is 405. The van der Waals surface area contributed by atoms with Gasteiger partial charge in [0.15, 0.2) is 5.75 Å². The standard InChI is InChI=1S/C8H11N3O.C3H7NO2/c1-11(2)6-10-7-3-4-9-5-8(7)12;1-4(2)3(5)6/h3-6,12H,1-2H3;1-2H3,(H,5,6). The number of aliphatic imine (C=N–C) groups is 1. The van der Waals surface area contributed by atoms with E-state index in [-0.39, 0.29) is 5.75 Å². The number of aromatic nitrogens is 1. The molecule has 0 radical (unpaired) electrons. The van der Waals surface area contributed by atoms with Gasteiger partial charge in [0.1, 0.15) is 5.69 Å². The maximum Gasteiger partial charge on any atom is 0.406 e. The quantitative estimate of drug-likeness (QED) is 0.612. The van der Waals surface area contributed by atoms with Crippen molar-refractivity contribution in [1.29, 1.82) is 0 Å². The van der Waals surface area contributed by atoms with Crippen LogP contribution in [0.3, 0.4) is 0 Å². The van der Waals surface area contributed by atoms with Crippen LogP contribution in [0.1, 0.15) is 0 Å². The molecule has 0 unspecified atom stereocenters. The molecular formula is C11H18N4O3. The SMILES string of the molecule is CN(C)C(=O)O.CN(C)C=Nc1ccncc1O. The van der Waals surface area contributed by atoms with Crippen LogP contribution in [-0.4, -0.2) is 65.6 Å². The number of carbonyl (C=O) groups is 1. The lowest BCUT2D eigenvalue weighted by molar-refractivity contribution is 0.165. The predicted molar refractivity (Wildman–Crippen MR) is 69.5 cm³/mol. The Morgan fingerprint density at radius 3 is 2.33 bits per heavy atom. The second-order valence-corrected chi connectivity index (χ2v) is 3.75. The summed E-state index contributed by atoms with van der Waals surface area (Å²) in [5, 5.41) is 17.1. The van der Waals surface area contributed by atoms with Crippen LogP contribution in [0.4, 0.5) is 10.5 Å². The molecular weight excluding hydrogens is 236 g/mol. The number of aromatic hydroxyl groups is 1. The molecule has 0 saturated heterocycles. The van der Waals surface area contributed by atoms with E-state index in [1.165, 1.54) is 20.3 Å². The van der Waals surface area contributed by atoms with Crippen LogP contribution in [0.15, 0.2) is 23.5 Å². The lowest BCUT2D eigenvalue weighted by Crippen LogP contribution is -2.18. The van der Waals surface area contributed by atoms with Gasteiger partial charge in [0.25, 0.3) is 0 Å². The number of hydrogen-bond acceptors (Lipinski definition) is 4. The minimum Gasteiger partial charge on any atom is -0.504 e. The second kappa shape index (κ2) is 7.88. The maximum absolute atomic E-state index is 9.62. The topological polar surface area (TPSA) is 89.3 Å². The minimum atomic E-state index is -0.907. The van der Waals surface area contributed by atoms with Gasteiger partial charge in [0.2, 0.25) is 0 Å². The maximum atomic E-state index is 9.62. The van der Waals surface area contributed by atoms with Crippen molar-refractivity contribution in [3.05, 3.63) is 18.5 Å². The highest BCUT2D eigenvalue weighted by atomic mass is 16.4. The fraction of sp³-hybridized carbons (Fsp3) is 0.364. The molecule has 0 spiro atoms. The zero-order valence-electron chi connectivity index (χ0n) is 10.9. The van der Waals surface area contributed by atoms with Crippen LogP contribution >= 0.6 is 0 Å². The molecule has 0 bridgehead atoms. The van der Waals surface area contributed by atoms with Crippen LogP contribution in [0.2, 0.25) is 0 Å². The van der Waals surface area contributed by atoms with E-state index in [0.29, 0.717) is 5.69 Å². The normalized spacial score (nSPS) is 9.56. The van der Waals surface area contributed by atoms with Crippen molar-refractivity contribution in [1.82, 2.24) is 14.8 Å². The highest BCUT2D eigenvalue weighted by molar-refractivity contribution is 5.64. The number of pyridine rings is 1. The average Bonchev–Trinajstić information content (AvgIpc) is 2.28. The van der Waals surface area contributed by atoms with E-state index in [1.807, 2.05) is 14.1 Å². The van der Waals surface area contributed by atoms with Gasteiger partial charge in [-0.15, -0.1) is 0 Å². The van der Waals surface area contributed by atoms with Crippen molar-refractivity contribution in [3.8, 4) is 5.75 Å². The first-order chi connectivity index (χ1) is 8.34. The summed E-state index contributed by atoms with van der Waals surface area (Å²) in [5.74, 6) is 0.0931. The molecule has 1 aromatic heterocycles. The van der Waals surface area contributed by atoms with Crippen molar-refractivity contribution in [2.75, 3.05) is 28.2 Å². The molecule has 100 valence electrons. The molecule has 7 heteroatoms. The predicted octanol–water partition coefficient (Wildman–Crippen LogP) is 1.23. The molecule has 2 N–H and O–H groups in total. The number of rotatable bonds is 2. The van der Waals surface area contributed by atoms with Gasteiger partial charge in [-0.2, -0.15) is 0 Å². The lowest BCUT2D eigenvalue weighted by atomic mass is 10.4. The zero-order valence-corrected chi connectivity index (χ0v) is 10.9. The van der Waals surface area contributed by atoms with Gasteiger partial charge in [-0.3, -0.25) is 4.98 Å². The first-order valence-corrected chi connectivity index (χ1v) is 5.08. The summed E-state index contributed by atoms with van der Waals surface area (Å²) in [6.45, 7) is 0. The Hall–Kier alpha value is -2.31.